The van der Waals surface area contributed by atoms with Gasteiger partial charge in [-0.05, 0) is 26.7 Å². The Morgan fingerprint density at radius 1 is 1.20 bits per heavy atom. The minimum atomic E-state index is -1.06. The van der Waals surface area contributed by atoms with E-state index in [1.165, 1.54) is 0 Å². The van der Waals surface area contributed by atoms with Crippen LogP contribution in [0.15, 0.2) is 0 Å². The van der Waals surface area contributed by atoms with Gasteiger partial charge in [-0.3, -0.25) is 4.79 Å². The summed E-state index contributed by atoms with van der Waals surface area (Å²) in [4.78, 5) is 33.7. The highest BCUT2D eigenvalue weighted by molar-refractivity contribution is 5.81. The zero-order valence-corrected chi connectivity index (χ0v) is 12.6. The van der Waals surface area contributed by atoms with Crippen LogP contribution in [-0.2, 0) is 19.1 Å². The summed E-state index contributed by atoms with van der Waals surface area (Å²) in [5.41, 5.74) is -0.668. The van der Waals surface area contributed by atoms with E-state index in [0.717, 1.165) is 0 Å². The summed E-state index contributed by atoms with van der Waals surface area (Å²) >= 11 is 0. The molecule has 0 bridgehead atoms. The molecule has 0 aliphatic rings. The Bertz CT molecular complexity index is 358. The van der Waals surface area contributed by atoms with Crippen LogP contribution in [0.25, 0.3) is 0 Å². The third kappa shape index (κ3) is 8.34. The third-order valence-corrected chi connectivity index (χ3v) is 2.15. The molecule has 7 nitrogen and oxygen atoms in total. The molecule has 0 saturated carbocycles. The molecule has 0 aromatic carbocycles. The third-order valence-electron chi connectivity index (χ3n) is 2.15. The Kier molecular flexibility index (Phi) is 7.02. The molecule has 0 aromatic heterocycles. The van der Waals surface area contributed by atoms with Crippen molar-refractivity contribution < 1.29 is 29.0 Å². The zero-order chi connectivity index (χ0) is 15.9. The van der Waals surface area contributed by atoms with E-state index >= 15 is 0 Å². The maximum absolute atomic E-state index is 11.8. The van der Waals surface area contributed by atoms with Gasteiger partial charge in [0.1, 0.15) is 18.2 Å². The Labute approximate surface area is 118 Å². The van der Waals surface area contributed by atoms with Crippen molar-refractivity contribution in [2.24, 2.45) is 5.92 Å². The number of aliphatic carboxylic acids is 1. The summed E-state index contributed by atoms with van der Waals surface area (Å²) in [5, 5.41) is 10.9. The molecule has 0 saturated heterocycles. The molecule has 116 valence electrons. The van der Waals surface area contributed by atoms with Crippen LogP contribution >= 0.6 is 0 Å². The van der Waals surface area contributed by atoms with Crippen LogP contribution in [0.4, 0.5) is 4.79 Å². The normalized spacial score (nSPS) is 12.7. The SMILES string of the molecule is CC(C)[C@H](NC(=O)OC(C)(C)C)C(=O)OCCC(=O)O. The first-order valence-electron chi connectivity index (χ1n) is 6.41. The van der Waals surface area contributed by atoms with Crippen LogP contribution in [0.2, 0.25) is 0 Å². The van der Waals surface area contributed by atoms with Gasteiger partial charge in [-0.25, -0.2) is 9.59 Å². The van der Waals surface area contributed by atoms with E-state index in [4.69, 9.17) is 14.6 Å². The van der Waals surface area contributed by atoms with Gasteiger partial charge in [0.25, 0.3) is 0 Å². The van der Waals surface area contributed by atoms with Crippen molar-refractivity contribution in [3.63, 3.8) is 0 Å². The second-order valence-corrected chi connectivity index (χ2v) is 5.68. The molecule has 0 heterocycles. The second-order valence-electron chi connectivity index (χ2n) is 5.68. The van der Waals surface area contributed by atoms with Crippen LogP contribution in [-0.4, -0.2) is 41.4 Å². The lowest BCUT2D eigenvalue weighted by molar-refractivity contribution is -0.149. The fourth-order valence-corrected chi connectivity index (χ4v) is 1.26. The highest BCUT2D eigenvalue weighted by Gasteiger charge is 2.28. The van der Waals surface area contributed by atoms with E-state index in [1.54, 1.807) is 34.6 Å². The number of carbonyl (C=O) groups is 3. The first-order chi connectivity index (χ1) is 9.03. The van der Waals surface area contributed by atoms with E-state index in [0.29, 0.717) is 0 Å². The number of nitrogens with one attached hydrogen (secondary N) is 1. The number of ether oxygens (including phenoxy) is 2. The Morgan fingerprint density at radius 2 is 1.75 bits per heavy atom. The van der Waals surface area contributed by atoms with Crippen LogP contribution in [0.1, 0.15) is 41.0 Å². The molecule has 0 aliphatic heterocycles. The van der Waals surface area contributed by atoms with Crippen molar-refractivity contribution in [1.29, 1.82) is 0 Å². The summed E-state index contributed by atoms with van der Waals surface area (Å²) in [5.74, 6) is -1.94. The fourth-order valence-electron chi connectivity index (χ4n) is 1.26. The van der Waals surface area contributed by atoms with Gasteiger partial charge in [-0.1, -0.05) is 13.8 Å². The fraction of sp³-hybridized carbons (Fsp3) is 0.769. The maximum atomic E-state index is 11.8. The number of hydrogen-bond acceptors (Lipinski definition) is 5. The van der Waals surface area contributed by atoms with E-state index in [1.807, 2.05) is 0 Å². The molecule has 0 unspecified atom stereocenters. The van der Waals surface area contributed by atoms with Crippen molar-refractivity contribution in [2.75, 3.05) is 6.61 Å². The number of hydrogen-bond donors (Lipinski definition) is 2. The molecule has 20 heavy (non-hydrogen) atoms. The number of carbonyl (C=O) groups excluding carboxylic acids is 2. The van der Waals surface area contributed by atoms with E-state index in [2.05, 4.69) is 5.32 Å². The summed E-state index contributed by atoms with van der Waals surface area (Å²) in [6.45, 7) is 8.38. The lowest BCUT2D eigenvalue weighted by atomic mass is 10.1. The van der Waals surface area contributed by atoms with Crippen molar-refractivity contribution in [1.82, 2.24) is 5.32 Å². The van der Waals surface area contributed by atoms with Crippen molar-refractivity contribution >= 4 is 18.0 Å². The molecule has 0 radical (unpaired) electrons. The molecule has 0 aromatic rings. The second kappa shape index (κ2) is 7.72. The van der Waals surface area contributed by atoms with Gasteiger partial charge in [0.05, 0.1) is 6.42 Å². The topological polar surface area (TPSA) is 102 Å². The average molecular weight is 289 g/mol. The number of alkyl carbamates (subject to hydrolysis) is 1. The smallest absolute Gasteiger partial charge is 0.408 e. The molecule has 2 N–H and O–H groups in total. The van der Waals surface area contributed by atoms with E-state index in [9.17, 15) is 14.4 Å². The Balaban J connectivity index is 4.45. The van der Waals surface area contributed by atoms with Crippen molar-refractivity contribution in [3.05, 3.63) is 0 Å². The summed E-state index contributed by atoms with van der Waals surface area (Å²) in [6, 6.07) is -0.876. The number of rotatable bonds is 6. The Hall–Kier alpha value is -1.79. The average Bonchev–Trinajstić information content (AvgIpc) is 2.22. The van der Waals surface area contributed by atoms with Crippen LogP contribution < -0.4 is 5.32 Å². The monoisotopic (exact) mass is 289 g/mol. The van der Waals surface area contributed by atoms with Crippen LogP contribution in [0, 0.1) is 5.92 Å². The zero-order valence-electron chi connectivity index (χ0n) is 12.6. The molecular weight excluding hydrogens is 266 g/mol. The van der Waals surface area contributed by atoms with Gasteiger partial charge in [-0.15, -0.1) is 0 Å². The molecule has 0 aliphatic carbocycles. The molecule has 7 heteroatoms. The molecule has 1 amide bonds. The van der Waals surface area contributed by atoms with Gasteiger partial charge < -0.3 is 19.9 Å². The van der Waals surface area contributed by atoms with Gasteiger partial charge in [0.15, 0.2) is 0 Å². The number of carboxylic acids is 1. The number of amides is 1. The summed E-state index contributed by atoms with van der Waals surface area (Å²) in [6.07, 6.45) is -0.991. The highest BCUT2D eigenvalue weighted by Crippen LogP contribution is 2.09. The quantitative estimate of drug-likeness (QED) is 0.719. The summed E-state index contributed by atoms with van der Waals surface area (Å²) in [7, 11) is 0. The minimum Gasteiger partial charge on any atom is -0.481 e. The lowest BCUT2D eigenvalue weighted by Crippen LogP contribution is -2.47. The first-order valence-corrected chi connectivity index (χ1v) is 6.41. The van der Waals surface area contributed by atoms with E-state index in [-0.39, 0.29) is 18.9 Å². The molecule has 0 fully saturated rings. The molecule has 0 rings (SSSR count). The molecule has 1 atom stereocenters. The van der Waals surface area contributed by atoms with Crippen molar-refractivity contribution in [2.45, 2.75) is 52.7 Å². The maximum Gasteiger partial charge on any atom is 0.408 e. The summed E-state index contributed by atoms with van der Waals surface area (Å²) < 4.78 is 9.88. The minimum absolute atomic E-state index is 0.208. The van der Waals surface area contributed by atoms with Crippen molar-refractivity contribution in [3.8, 4) is 0 Å². The van der Waals surface area contributed by atoms with Crippen LogP contribution in [0.5, 0.6) is 0 Å². The largest absolute Gasteiger partial charge is 0.481 e. The predicted molar refractivity (Wildman–Crippen MR) is 71.2 cm³/mol. The first kappa shape index (κ1) is 18.2. The number of esters is 1. The van der Waals surface area contributed by atoms with Gasteiger partial charge >= 0.3 is 18.0 Å². The number of carboxylic acid groups (broad SMARTS) is 1. The van der Waals surface area contributed by atoms with Gasteiger partial charge in [-0.2, -0.15) is 0 Å². The van der Waals surface area contributed by atoms with Gasteiger partial charge in [0.2, 0.25) is 0 Å². The standard InChI is InChI=1S/C13H23NO6/c1-8(2)10(11(17)19-7-6-9(15)16)14-12(18)20-13(3,4)5/h8,10H,6-7H2,1-5H3,(H,14,18)(H,15,16)/t10-/m0/s1. The molecular formula is C13H23NO6. The van der Waals surface area contributed by atoms with E-state index < -0.39 is 29.7 Å². The molecule has 0 spiro atoms. The Morgan fingerprint density at radius 3 is 2.15 bits per heavy atom. The van der Waals surface area contributed by atoms with Crippen LogP contribution in [0.3, 0.4) is 0 Å². The predicted octanol–water partition coefficient (Wildman–Crippen LogP) is 1.55. The lowest BCUT2D eigenvalue weighted by Gasteiger charge is -2.24. The van der Waals surface area contributed by atoms with Gasteiger partial charge in [0, 0.05) is 0 Å². The highest BCUT2D eigenvalue weighted by atomic mass is 16.6.